The molecule has 1 saturated heterocycles. The summed E-state index contributed by atoms with van der Waals surface area (Å²) in [6.07, 6.45) is -1.59. The van der Waals surface area contributed by atoms with Gasteiger partial charge in [-0.1, -0.05) is 6.92 Å². The molecule has 15 heavy (non-hydrogen) atoms. The Kier molecular flexibility index (Phi) is 3.35. The molecule has 5 heteroatoms. The van der Waals surface area contributed by atoms with E-state index in [-0.39, 0.29) is 19.4 Å². The van der Waals surface area contributed by atoms with Crippen molar-refractivity contribution < 1.29 is 24.1 Å². The van der Waals surface area contributed by atoms with Crippen molar-refractivity contribution in [3.05, 3.63) is 0 Å². The van der Waals surface area contributed by atoms with Gasteiger partial charge in [0, 0.05) is 12.8 Å². The quantitative estimate of drug-likeness (QED) is 0.748. The van der Waals surface area contributed by atoms with Gasteiger partial charge in [0.2, 0.25) is 6.17 Å². The van der Waals surface area contributed by atoms with E-state index in [4.69, 9.17) is 9.84 Å². The monoisotopic (exact) mass is 220 g/mol. The van der Waals surface area contributed by atoms with Crippen LogP contribution in [0, 0.1) is 0 Å². The molecule has 0 aromatic heterocycles. The lowest BCUT2D eigenvalue weighted by atomic mass is 9.79. The molecule has 4 nitrogen and oxygen atoms in total. The molecule has 0 spiro atoms. The first kappa shape index (κ1) is 12.4. The molecule has 1 aliphatic heterocycles. The first-order valence-corrected chi connectivity index (χ1v) is 5.06. The molecule has 0 aromatic carbocycles. The van der Waals surface area contributed by atoms with Crippen molar-refractivity contribution in [3.63, 3.8) is 0 Å². The number of halogens is 1. The van der Waals surface area contributed by atoms with E-state index in [1.807, 2.05) is 6.92 Å². The highest BCUT2D eigenvalue weighted by Crippen LogP contribution is 2.37. The maximum Gasteiger partial charge on any atom is 0.341 e. The van der Waals surface area contributed by atoms with Crippen LogP contribution in [0.2, 0.25) is 0 Å². The molecule has 3 unspecified atom stereocenters. The second-order valence-corrected chi connectivity index (χ2v) is 4.38. The first-order chi connectivity index (χ1) is 6.83. The van der Waals surface area contributed by atoms with Crippen molar-refractivity contribution in [2.24, 2.45) is 0 Å². The number of alkyl halides is 1. The van der Waals surface area contributed by atoms with Gasteiger partial charge in [0.05, 0.1) is 12.2 Å². The molecular formula is C10H17FO4. The highest BCUT2D eigenvalue weighted by Gasteiger charge is 2.49. The molecule has 0 saturated carbocycles. The zero-order valence-electron chi connectivity index (χ0n) is 8.99. The largest absolute Gasteiger partial charge is 0.479 e. The fourth-order valence-corrected chi connectivity index (χ4v) is 1.93. The Morgan fingerprint density at radius 2 is 2.27 bits per heavy atom. The van der Waals surface area contributed by atoms with E-state index in [1.165, 1.54) is 0 Å². The molecule has 88 valence electrons. The third-order valence-electron chi connectivity index (χ3n) is 3.10. The van der Waals surface area contributed by atoms with Gasteiger partial charge < -0.3 is 14.9 Å². The van der Waals surface area contributed by atoms with E-state index in [2.05, 4.69) is 0 Å². The summed E-state index contributed by atoms with van der Waals surface area (Å²) in [5, 5.41) is 18.5. The summed E-state index contributed by atoms with van der Waals surface area (Å²) in [5.41, 5.74) is -2.43. The maximum absolute atomic E-state index is 13.4. The van der Waals surface area contributed by atoms with Gasteiger partial charge in [0.1, 0.15) is 5.60 Å². The van der Waals surface area contributed by atoms with Crippen LogP contribution < -0.4 is 0 Å². The number of carboxylic acid groups (broad SMARTS) is 1. The predicted molar refractivity (Wildman–Crippen MR) is 51.4 cm³/mol. The Hall–Kier alpha value is -0.680. The van der Waals surface area contributed by atoms with Crippen LogP contribution in [0.25, 0.3) is 0 Å². The van der Waals surface area contributed by atoms with Gasteiger partial charge in [-0.2, -0.15) is 0 Å². The summed E-state index contributed by atoms with van der Waals surface area (Å²) < 4.78 is 18.8. The van der Waals surface area contributed by atoms with Crippen molar-refractivity contribution in [1.29, 1.82) is 0 Å². The lowest BCUT2D eigenvalue weighted by Crippen LogP contribution is -2.54. The Balaban J connectivity index is 2.81. The van der Waals surface area contributed by atoms with Crippen LogP contribution in [0.3, 0.4) is 0 Å². The summed E-state index contributed by atoms with van der Waals surface area (Å²) in [4.78, 5) is 10.5. The topological polar surface area (TPSA) is 66.8 Å². The van der Waals surface area contributed by atoms with Gasteiger partial charge in [0.25, 0.3) is 0 Å². The third-order valence-corrected chi connectivity index (χ3v) is 3.10. The average Bonchev–Trinajstić information content (AvgIpc) is 2.16. The van der Waals surface area contributed by atoms with Gasteiger partial charge in [-0.15, -0.1) is 0 Å². The average molecular weight is 220 g/mol. The van der Waals surface area contributed by atoms with Crippen LogP contribution in [-0.2, 0) is 9.53 Å². The van der Waals surface area contributed by atoms with Crippen molar-refractivity contribution in [2.75, 3.05) is 6.61 Å². The molecule has 1 fully saturated rings. The number of rotatable bonds is 3. The Bertz CT molecular complexity index is 258. The molecule has 1 rings (SSSR count). The molecule has 0 aromatic rings. The molecule has 0 aliphatic carbocycles. The van der Waals surface area contributed by atoms with Gasteiger partial charge in [0.15, 0.2) is 0 Å². The zero-order valence-corrected chi connectivity index (χ0v) is 8.99. The summed E-state index contributed by atoms with van der Waals surface area (Å²) in [5.74, 6) is -1.61. The van der Waals surface area contributed by atoms with Crippen molar-refractivity contribution in [2.45, 2.75) is 50.5 Å². The predicted octanol–water partition coefficient (Wildman–Crippen LogP) is 1.12. The number of hydrogen-bond donors (Lipinski definition) is 2. The minimum Gasteiger partial charge on any atom is -0.479 e. The third kappa shape index (κ3) is 2.46. The lowest BCUT2D eigenvalue weighted by molar-refractivity contribution is -0.189. The van der Waals surface area contributed by atoms with Crippen molar-refractivity contribution in [1.82, 2.24) is 0 Å². The van der Waals surface area contributed by atoms with Gasteiger partial charge in [-0.3, -0.25) is 0 Å². The number of aliphatic carboxylic acids is 1. The lowest BCUT2D eigenvalue weighted by Gasteiger charge is -2.43. The number of carbonyl (C=O) groups is 1. The standard InChI is InChI=1S/C10H17FO4/c1-3-9(2)6-10(14,4-5-15-9)7(11)8(12)13/h7,14H,3-6H2,1-2H3,(H,12,13). The summed E-state index contributed by atoms with van der Waals surface area (Å²) in [6.45, 7) is 3.81. The smallest absolute Gasteiger partial charge is 0.341 e. The van der Waals surface area contributed by atoms with Gasteiger partial charge in [-0.05, 0) is 13.3 Å². The minimum atomic E-state index is -2.24. The summed E-state index contributed by atoms with van der Waals surface area (Å²) in [7, 11) is 0. The van der Waals surface area contributed by atoms with Crippen LogP contribution in [0.5, 0.6) is 0 Å². The Labute approximate surface area is 88.0 Å². The van der Waals surface area contributed by atoms with E-state index in [0.717, 1.165) is 0 Å². The van der Waals surface area contributed by atoms with E-state index in [0.29, 0.717) is 6.42 Å². The SMILES string of the molecule is CCC1(C)CC(O)(C(F)C(=O)O)CCO1. The molecule has 2 N–H and O–H groups in total. The van der Waals surface area contributed by atoms with Gasteiger partial charge >= 0.3 is 5.97 Å². The van der Waals surface area contributed by atoms with Crippen LogP contribution in [0.1, 0.15) is 33.1 Å². The van der Waals surface area contributed by atoms with E-state index in [9.17, 15) is 14.3 Å². The van der Waals surface area contributed by atoms with Crippen LogP contribution in [-0.4, -0.2) is 40.2 Å². The fourth-order valence-electron chi connectivity index (χ4n) is 1.93. The molecular weight excluding hydrogens is 203 g/mol. The number of carboxylic acids is 1. The summed E-state index contributed by atoms with van der Waals surface area (Å²) >= 11 is 0. The molecule has 3 atom stereocenters. The maximum atomic E-state index is 13.4. The molecule has 0 radical (unpaired) electrons. The van der Waals surface area contributed by atoms with Crippen LogP contribution in [0.15, 0.2) is 0 Å². The zero-order chi connectivity index (χ0) is 11.7. The van der Waals surface area contributed by atoms with Crippen molar-refractivity contribution in [3.8, 4) is 0 Å². The molecule has 0 amide bonds. The highest BCUT2D eigenvalue weighted by atomic mass is 19.1. The first-order valence-electron chi connectivity index (χ1n) is 5.06. The minimum absolute atomic E-state index is 0.0178. The second kappa shape index (κ2) is 4.06. The van der Waals surface area contributed by atoms with Gasteiger partial charge in [-0.25, -0.2) is 9.18 Å². The summed E-state index contributed by atoms with van der Waals surface area (Å²) in [6, 6.07) is 0. The van der Waals surface area contributed by atoms with E-state index in [1.54, 1.807) is 6.92 Å². The molecule has 1 heterocycles. The highest BCUT2D eigenvalue weighted by molar-refractivity contribution is 5.73. The van der Waals surface area contributed by atoms with Crippen LogP contribution >= 0.6 is 0 Å². The second-order valence-electron chi connectivity index (χ2n) is 4.38. The number of aliphatic hydroxyl groups is 1. The molecule has 1 aliphatic rings. The van der Waals surface area contributed by atoms with Crippen molar-refractivity contribution >= 4 is 5.97 Å². The Morgan fingerprint density at radius 3 is 2.73 bits per heavy atom. The van der Waals surface area contributed by atoms with E-state index < -0.39 is 23.3 Å². The number of hydrogen-bond acceptors (Lipinski definition) is 3. The Morgan fingerprint density at radius 1 is 1.67 bits per heavy atom. The fraction of sp³-hybridized carbons (Fsp3) is 0.900. The molecule has 0 bridgehead atoms. The number of ether oxygens (including phenoxy) is 1. The van der Waals surface area contributed by atoms with E-state index >= 15 is 0 Å². The van der Waals surface area contributed by atoms with Crippen LogP contribution in [0.4, 0.5) is 4.39 Å². The normalized spacial score (nSPS) is 38.7.